The number of rotatable bonds is 5. The van der Waals surface area contributed by atoms with Gasteiger partial charge < -0.3 is 5.73 Å². The average molecular weight is 227 g/mol. The van der Waals surface area contributed by atoms with Crippen LogP contribution in [0.4, 0.5) is 0 Å². The molecule has 1 aliphatic carbocycles. The van der Waals surface area contributed by atoms with E-state index in [4.69, 9.17) is 12.2 Å². The SMILES string of the molecule is C#CCCCC(N)C1(c2ccccc2)CCC1. The van der Waals surface area contributed by atoms with Gasteiger partial charge in [0, 0.05) is 17.9 Å². The maximum Gasteiger partial charge on any atom is 0.0137 e. The third-order valence-corrected chi connectivity index (χ3v) is 4.14. The highest BCUT2D eigenvalue weighted by molar-refractivity contribution is 5.30. The molecule has 1 nitrogen and oxygen atoms in total. The number of nitrogens with two attached hydrogens (primary N) is 1. The van der Waals surface area contributed by atoms with Crippen LogP contribution in [0.3, 0.4) is 0 Å². The molecule has 1 fully saturated rings. The summed E-state index contributed by atoms with van der Waals surface area (Å²) in [5.74, 6) is 2.69. The normalized spacial score (nSPS) is 19.1. The topological polar surface area (TPSA) is 26.0 Å². The van der Waals surface area contributed by atoms with Gasteiger partial charge in [-0.2, -0.15) is 0 Å². The van der Waals surface area contributed by atoms with Gasteiger partial charge in [0.25, 0.3) is 0 Å². The van der Waals surface area contributed by atoms with E-state index < -0.39 is 0 Å². The predicted molar refractivity (Wildman–Crippen MR) is 72.6 cm³/mol. The molecule has 1 saturated carbocycles. The number of terminal acetylenes is 1. The maximum atomic E-state index is 6.42. The summed E-state index contributed by atoms with van der Waals surface area (Å²) >= 11 is 0. The fourth-order valence-corrected chi connectivity index (χ4v) is 2.90. The molecule has 0 aliphatic heterocycles. The Labute approximate surface area is 104 Å². The summed E-state index contributed by atoms with van der Waals surface area (Å²) in [6, 6.07) is 11.0. The Morgan fingerprint density at radius 3 is 2.53 bits per heavy atom. The number of benzene rings is 1. The van der Waals surface area contributed by atoms with Crippen LogP contribution < -0.4 is 5.73 Å². The van der Waals surface area contributed by atoms with E-state index in [1.54, 1.807) is 0 Å². The van der Waals surface area contributed by atoms with Crippen molar-refractivity contribution < 1.29 is 0 Å². The Balaban J connectivity index is 2.07. The van der Waals surface area contributed by atoms with E-state index in [0.29, 0.717) is 0 Å². The molecular weight excluding hydrogens is 206 g/mol. The molecule has 1 unspecified atom stereocenters. The summed E-state index contributed by atoms with van der Waals surface area (Å²) in [5.41, 5.74) is 8.07. The van der Waals surface area contributed by atoms with Crippen LogP contribution in [0.15, 0.2) is 30.3 Å². The maximum absolute atomic E-state index is 6.42. The second-order valence-electron chi connectivity index (χ2n) is 5.08. The van der Waals surface area contributed by atoms with Gasteiger partial charge in [0.15, 0.2) is 0 Å². The van der Waals surface area contributed by atoms with E-state index in [0.717, 1.165) is 19.3 Å². The second kappa shape index (κ2) is 5.38. The first kappa shape index (κ1) is 12.2. The first-order chi connectivity index (χ1) is 8.29. The van der Waals surface area contributed by atoms with E-state index in [1.165, 1.54) is 24.8 Å². The molecule has 2 N–H and O–H groups in total. The lowest BCUT2D eigenvalue weighted by Crippen LogP contribution is -2.50. The minimum Gasteiger partial charge on any atom is -0.327 e. The third kappa shape index (κ3) is 2.37. The van der Waals surface area contributed by atoms with Crippen molar-refractivity contribution in [2.45, 2.75) is 50.0 Å². The van der Waals surface area contributed by atoms with E-state index in [-0.39, 0.29) is 11.5 Å². The van der Waals surface area contributed by atoms with Crippen molar-refractivity contribution in [1.29, 1.82) is 0 Å². The highest BCUT2D eigenvalue weighted by Gasteiger charge is 2.43. The molecule has 0 heterocycles. The fraction of sp³-hybridized carbons (Fsp3) is 0.500. The van der Waals surface area contributed by atoms with Crippen molar-refractivity contribution in [1.82, 2.24) is 0 Å². The molecule has 17 heavy (non-hydrogen) atoms. The van der Waals surface area contributed by atoms with Crippen LogP contribution >= 0.6 is 0 Å². The molecule has 2 rings (SSSR count). The standard InChI is InChI=1S/C16H21N/c1-2-3-5-11-15(17)16(12-8-13-16)14-9-6-4-7-10-14/h1,4,6-7,9-10,15H,3,5,8,11-13,17H2. The van der Waals surface area contributed by atoms with Gasteiger partial charge in [-0.1, -0.05) is 36.8 Å². The molecule has 0 radical (unpaired) electrons. The Hall–Kier alpha value is -1.26. The molecule has 1 aliphatic rings. The zero-order chi connectivity index (χ0) is 12.1. The number of hydrogen-bond acceptors (Lipinski definition) is 1. The molecule has 0 saturated heterocycles. The highest BCUT2D eigenvalue weighted by atomic mass is 14.7. The molecule has 1 atom stereocenters. The summed E-state index contributed by atoms with van der Waals surface area (Å²) in [6.07, 6.45) is 12.0. The predicted octanol–water partition coefficient (Wildman–Crippen LogP) is 3.24. The van der Waals surface area contributed by atoms with Crippen LogP contribution in [0.5, 0.6) is 0 Å². The Morgan fingerprint density at radius 2 is 2.00 bits per heavy atom. The fourth-order valence-electron chi connectivity index (χ4n) is 2.90. The van der Waals surface area contributed by atoms with Gasteiger partial charge >= 0.3 is 0 Å². The smallest absolute Gasteiger partial charge is 0.0137 e. The minimum atomic E-state index is 0.232. The lowest BCUT2D eigenvalue weighted by atomic mass is 9.59. The summed E-state index contributed by atoms with van der Waals surface area (Å²) in [4.78, 5) is 0. The zero-order valence-corrected chi connectivity index (χ0v) is 10.4. The Morgan fingerprint density at radius 1 is 1.29 bits per heavy atom. The summed E-state index contributed by atoms with van der Waals surface area (Å²) in [7, 11) is 0. The lowest BCUT2D eigenvalue weighted by molar-refractivity contribution is 0.187. The van der Waals surface area contributed by atoms with Gasteiger partial charge in [-0.15, -0.1) is 12.3 Å². The second-order valence-corrected chi connectivity index (χ2v) is 5.08. The first-order valence-electron chi connectivity index (χ1n) is 6.54. The van der Waals surface area contributed by atoms with Crippen molar-refractivity contribution in [2.24, 2.45) is 5.73 Å². The Kier molecular flexibility index (Phi) is 3.86. The molecule has 1 heteroatoms. The Bertz CT molecular complexity index is 384. The summed E-state index contributed by atoms with van der Waals surface area (Å²) in [6.45, 7) is 0. The first-order valence-corrected chi connectivity index (χ1v) is 6.54. The lowest BCUT2D eigenvalue weighted by Gasteiger charge is -2.47. The molecule has 1 aromatic rings. The van der Waals surface area contributed by atoms with Crippen molar-refractivity contribution in [3.8, 4) is 12.3 Å². The largest absolute Gasteiger partial charge is 0.327 e. The number of hydrogen-bond donors (Lipinski definition) is 1. The van der Waals surface area contributed by atoms with Gasteiger partial charge in [-0.05, 0) is 31.2 Å². The van der Waals surface area contributed by atoms with E-state index in [9.17, 15) is 0 Å². The highest BCUT2D eigenvalue weighted by Crippen LogP contribution is 2.46. The van der Waals surface area contributed by atoms with E-state index in [2.05, 4.69) is 36.3 Å². The van der Waals surface area contributed by atoms with Gasteiger partial charge in [-0.25, -0.2) is 0 Å². The van der Waals surface area contributed by atoms with Crippen molar-refractivity contribution >= 4 is 0 Å². The minimum absolute atomic E-state index is 0.232. The van der Waals surface area contributed by atoms with Crippen molar-refractivity contribution in [2.75, 3.05) is 0 Å². The van der Waals surface area contributed by atoms with Crippen LogP contribution in [0.2, 0.25) is 0 Å². The molecule has 0 amide bonds. The summed E-state index contributed by atoms with van der Waals surface area (Å²) < 4.78 is 0. The van der Waals surface area contributed by atoms with Gasteiger partial charge in [0.1, 0.15) is 0 Å². The van der Waals surface area contributed by atoms with Crippen LogP contribution in [0.25, 0.3) is 0 Å². The van der Waals surface area contributed by atoms with Crippen LogP contribution in [0, 0.1) is 12.3 Å². The van der Waals surface area contributed by atoms with E-state index in [1.807, 2.05) is 0 Å². The van der Waals surface area contributed by atoms with Crippen molar-refractivity contribution in [3.63, 3.8) is 0 Å². The number of unbranched alkanes of at least 4 members (excludes halogenated alkanes) is 1. The van der Waals surface area contributed by atoms with E-state index >= 15 is 0 Å². The molecule has 1 aromatic carbocycles. The summed E-state index contributed by atoms with van der Waals surface area (Å²) in [5, 5.41) is 0. The zero-order valence-electron chi connectivity index (χ0n) is 10.4. The quantitative estimate of drug-likeness (QED) is 0.606. The molecular formula is C16H21N. The van der Waals surface area contributed by atoms with Gasteiger partial charge in [-0.3, -0.25) is 0 Å². The van der Waals surface area contributed by atoms with Crippen LogP contribution in [0.1, 0.15) is 44.1 Å². The van der Waals surface area contributed by atoms with Crippen LogP contribution in [-0.2, 0) is 5.41 Å². The third-order valence-electron chi connectivity index (χ3n) is 4.14. The van der Waals surface area contributed by atoms with Gasteiger partial charge in [0.2, 0.25) is 0 Å². The van der Waals surface area contributed by atoms with Crippen molar-refractivity contribution in [3.05, 3.63) is 35.9 Å². The average Bonchev–Trinajstić information content (AvgIpc) is 2.29. The molecule has 0 bridgehead atoms. The molecule has 90 valence electrons. The molecule has 0 spiro atoms. The van der Waals surface area contributed by atoms with Gasteiger partial charge in [0.05, 0.1) is 0 Å². The van der Waals surface area contributed by atoms with Crippen LogP contribution in [-0.4, -0.2) is 6.04 Å². The monoisotopic (exact) mass is 227 g/mol. The molecule has 0 aromatic heterocycles.